The summed E-state index contributed by atoms with van der Waals surface area (Å²) in [6, 6.07) is 12.2. The molecular weight excluding hydrogens is 403 g/mol. The van der Waals surface area contributed by atoms with E-state index in [-0.39, 0.29) is 4.83 Å². The Morgan fingerprint density at radius 1 is 1.20 bits per heavy atom. The van der Waals surface area contributed by atoms with E-state index in [0.717, 1.165) is 21.3 Å². The van der Waals surface area contributed by atoms with Crippen LogP contribution in [0.25, 0.3) is 0 Å². The van der Waals surface area contributed by atoms with Crippen molar-refractivity contribution in [2.45, 2.75) is 18.7 Å². The highest BCUT2D eigenvalue weighted by Gasteiger charge is 2.16. The van der Waals surface area contributed by atoms with E-state index in [1.54, 1.807) is 0 Å². The quantitative estimate of drug-likeness (QED) is 0.530. The maximum absolute atomic E-state index is 6.05. The molecule has 0 aromatic heterocycles. The van der Waals surface area contributed by atoms with E-state index in [4.69, 9.17) is 16.3 Å². The van der Waals surface area contributed by atoms with E-state index in [0.29, 0.717) is 11.6 Å². The Morgan fingerprint density at radius 2 is 1.95 bits per heavy atom. The summed E-state index contributed by atoms with van der Waals surface area (Å²) >= 11 is 13.3. The lowest BCUT2D eigenvalue weighted by Gasteiger charge is -2.17. The molecule has 0 saturated carbocycles. The first kappa shape index (κ1) is 15.9. The van der Waals surface area contributed by atoms with E-state index in [1.807, 2.05) is 31.2 Å². The standard InChI is InChI=1S/C16H15Br2ClO/c1-3-20-15-7-4-10(2)8-12(15)16(18)11-5-6-14(19)13(17)9-11/h4-9,16H,3H2,1-2H3. The van der Waals surface area contributed by atoms with Gasteiger partial charge in [0.15, 0.2) is 0 Å². The zero-order valence-corrected chi connectivity index (χ0v) is 15.2. The maximum Gasteiger partial charge on any atom is 0.123 e. The van der Waals surface area contributed by atoms with Crippen molar-refractivity contribution in [1.29, 1.82) is 0 Å². The predicted molar refractivity (Wildman–Crippen MR) is 92.3 cm³/mol. The third-order valence-electron chi connectivity index (χ3n) is 2.97. The zero-order valence-electron chi connectivity index (χ0n) is 11.3. The highest BCUT2D eigenvalue weighted by atomic mass is 79.9. The van der Waals surface area contributed by atoms with Crippen molar-refractivity contribution in [3.63, 3.8) is 0 Å². The first-order valence-corrected chi connectivity index (χ1v) is 8.44. The van der Waals surface area contributed by atoms with Gasteiger partial charge in [-0.3, -0.25) is 0 Å². The van der Waals surface area contributed by atoms with Crippen LogP contribution < -0.4 is 4.74 Å². The minimum absolute atomic E-state index is 0.0671. The Morgan fingerprint density at radius 3 is 2.60 bits per heavy atom. The van der Waals surface area contributed by atoms with Gasteiger partial charge in [-0.2, -0.15) is 0 Å². The van der Waals surface area contributed by atoms with E-state index in [1.165, 1.54) is 5.56 Å². The molecule has 2 rings (SSSR count). The van der Waals surface area contributed by atoms with E-state index in [9.17, 15) is 0 Å². The molecule has 0 heterocycles. The molecule has 0 aliphatic carbocycles. The van der Waals surface area contributed by atoms with E-state index < -0.39 is 0 Å². The molecule has 1 nitrogen and oxygen atoms in total. The molecule has 0 fully saturated rings. The molecule has 2 aromatic carbocycles. The molecule has 1 atom stereocenters. The molecule has 0 N–H and O–H groups in total. The molecule has 0 aliphatic rings. The zero-order chi connectivity index (χ0) is 14.7. The van der Waals surface area contributed by atoms with Crippen LogP contribution in [0.1, 0.15) is 28.4 Å². The van der Waals surface area contributed by atoms with Crippen molar-refractivity contribution in [3.8, 4) is 5.75 Å². The lowest BCUT2D eigenvalue weighted by atomic mass is 10.0. The van der Waals surface area contributed by atoms with Crippen molar-refractivity contribution in [3.05, 3.63) is 62.6 Å². The number of halogens is 3. The van der Waals surface area contributed by atoms with E-state index >= 15 is 0 Å². The fraction of sp³-hybridized carbons (Fsp3) is 0.250. The number of hydrogen-bond donors (Lipinski definition) is 0. The third-order valence-corrected chi connectivity index (χ3v) is 5.21. The van der Waals surface area contributed by atoms with Crippen molar-refractivity contribution in [2.24, 2.45) is 0 Å². The molecule has 20 heavy (non-hydrogen) atoms. The number of rotatable bonds is 4. The van der Waals surface area contributed by atoms with Crippen LogP contribution in [0.4, 0.5) is 0 Å². The van der Waals surface area contributed by atoms with Gasteiger partial charge in [-0.25, -0.2) is 0 Å². The van der Waals surface area contributed by atoms with Crippen molar-refractivity contribution in [1.82, 2.24) is 0 Å². The van der Waals surface area contributed by atoms with Gasteiger partial charge in [-0.15, -0.1) is 0 Å². The second kappa shape index (κ2) is 6.97. The predicted octanol–water partition coefficient (Wildman–Crippen LogP) is 6.29. The van der Waals surface area contributed by atoms with Gasteiger partial charge in [0.05, 0.1) is 16.5 Å². The lowest BCUT2D eigenvalue weighted by Crippen LogP contribution is -2.00. The molecule has 4 heteroatoms. The van der Waals surface area contributed by atoms with Crippen LogP contribution in [-0.2, 0) is 0 Å². The molecule has 0 saturated heterocycles. The summed E-state index contributed by atoms with van der Waals surface area (Å²) in [6.07, 6.45) is 0. The Kier molecular flexibility index (Phi) is 5.53. The monoisotopic (exact) mass is 416 g/mol. The number of aryl methyl sites for hydroxylation is 1. The van der Waals surface area contributed by atoms with Crippen LogP contribution in [0.2, 0.25) is 5.02 Å². The van der Waals surface area contributed by atoms with Crippen LogP contribution in [0.5, 0.6) is 5.75 Å². The smallest absolute Gasteiger partial charge is 0.123 e. The number of ether oxygens (including phenoxy) is 1. The Bertz CT molecular complexity index is 613. The first-order chi connectivity index (χ1) is 9.52. The normalized spacial score (nSPS) is 12.2. The Labute approximate surface area is 141 Å². The van der Waals surface area contributed by atoms with Crippen LogP contribution in [-0.4, -0.2) is 6.61 Å². The van der Waals surface area contributed by atoms with Gasteiger partial charge in [0.1, 0.15) is 5.75 Å². The van der Waals surface area contributed by atoms with Crippen LogP contribution in [0, 0.1) is 6.92 Å². The van der Waals surface area contributed by atoms with Gasteiger partial charge in [0.2, 0.25) is 0 Å². The third kappa shape index (κ3) is 3.57. The molecule has 1 unspecified atom stereocenters. The molecule has 0 aliphatic heterocycles. The van der Waals surface area contributed by atoms with E-state index in [2.05, 4.69) is 50.9 Å². The second-order valence-corrected chi connectivity index (χ2v) is 6.69. The van der Waals surface area contributed by atoms with Crippen molar-refractivity contribution in [2.75, 3.05) is 6.61 Å². The summed E-state index contributed by atoms with van der Waals surface area (Å²) in [5.41, 5.74) is 3.47. The lowest BCUT2D eigenvalue weighted by molar-refractivity contribution is 0.337. The topological polar surface area (TPSA) is 9.23 Å². The highest BCUT2D eigenvalue weighted by molar-refractivity contribution is 9.10. The maximum atomic E-state index is 6.05. The van der Waals surface area contributed by atoms with Crippen molar-refractivity contribution < 1.29 is 4.74 Å². The van der Waals surface area contributed by atoms with Gasteiger partial charge in [-0.05, 0) is 53.5 Å². The molecule has 0 bridgehead atoms. The van der Waals surface area contributed by atoms with Gasteiger partial charge < -0.3 is 4.74 Å². The molecular formula is C16H15Br2ClO. The molecule has 0 spiro atoms. The molecule has 0 amide bonds. The highest BCUT2D eigenvalue weighted by Crippen LogP contribution is 2.39. The second-order valence-electron chi connectivity index (χ2n) is 4.51. The van der Waals surface area contributed by atoms with Crippen molar-refractivity contribution >= 4 is 43.5 Å². The summed E-state index contributed by atoms with van der Waals surface area (Å²) in [7, 11) is 0. The summed E-state index contributed by atoms with van der Waals surface area (Å²) in [5, 5.41) is 0.711. The van der Waals surface area contributed by atoms with Gasteiger partial charge in [0, 0.05) is 10.0 Å². The van der Waals surface area contributed by atoms with Crippen LogP contribution in [0.15, 0.2) is 40.9 Å². The number of alkyl halides is 1. The number of benzene rings is 2. The average molecular weight is 419 g/mol. The fourth-order valence-electron chi connectivity index (χ4n) is 2.00. The molecule has 106 valence electrons. The Hall–Kier alpha value is -0.510. The average Bonchev–Trinajstić information content (AvgIpc) is 2.43. The summed E-state index contributed by atoms with van der Waals surface area (Å²) in [6.45, 7) is 4.72. The van der Waals surface area contributed by atoms with Gasteiger partial charge >= 0.3 is 0 Å². The summed E-state index contributed by atoms with van der Waals surface area (Å²) in [4.78, 5) is 0.0671. The molecule has 0 radical (unpaired) electrons. The van der Waals surface area contributed by atoms with Gasteiger partial charge in [0.25, 0.3) is 0 Å². The first-order valence-electron chi connectivity index (χ1n) is 6.35. The number of hydrogen-bond acceptors (Lipinski definition) is 1. The minimum Gasteiger partial charge on any atom is -0.494 e. The SMILES string of the molecule is CCOc1ccc(C)cc1C(Br)c1ccc(Cl)c(Br)c1. The summed E-state index contributed by atoms with van der Waals surface area (Å²) in [5.74, 6) is 0.908. The summed E-state index contributed by atoms with van der Waals surface area (Å²) < 4.78 is 6.62. The minimum atomic E-state index is 0.0671. The fourth-order valence-corrected chi connectivity index (χ4v) is 3.16. The Balaban J connectivity index is 2.43. The van der Waals surface area contributed by atoms with Crippen LogP contribution in [0.3, 0.4) is 0 Å². The van der Waals surface area contributed by atoms with Gasteiger partial charge in [-0.1, -0.05) is 51.3 Å². The largest absolute Gasteiger partial charge is 0.494 e. The van der Waals surface area contributed by atoms with Crippen LogP contribution >= 0.6 is 43.5 Å². The molecule has 2 aromatic rings.